The van der Waals surface area contributed by atoms with Gasteiger partial charge < -0.3 is 10.1 Å². The van der Waals surface area contributed by atoms with Crippen LogP contribution in [0, 0.1) is 5.92 Å². The molecule has 1 N–H and O–H groups in total. The number of benzene rings is 1. The van der Waals surface area contributed by atoms with Crippen LogP contribution in [0.5, 0.6) is 0 Å². The molecule has 1 fully saturated rings. The molecule has 19 heavy (non-hydrogen) atoms. The van der Waals surface area contributed by atoms with Crippen molar-refractivity contribution in [1.29, 1.82) is 0 Å². The number of rotatable bonds is 2. The largest absolute Gasteiger partial charge is 0.469 e. The molecule has 104 valence electrons. The summed E-state index contributed by atoms with van der Waals surface area (Å²) in [6.45, 7) is 0.677. The van der Waals surface area contributed by atoms with Crippen LogP contribution in [0.1, 0.15) is 17.0 Å². The summed E-state index contributed by atoms with van der Waals surface area (Å²) < 4.78 is 43.6. The Morgan fingerprint density at radius 1 is 1.32 bits per heavy atom. The maximum atomic E-state index is 13.0. The minimum atomic E-state index is -4.42. The van der Waals surface area contributed by atoms with Crippen LogP contribution in [0.15, 0.2) is 24.3 Å². The van der Waals surface area contributed by atoms with E-state index in [1.807, 2.05) is 0 Å². The molecule has 1 heterocycles. The number of carbonyl (C=O) groups is 1. The molecule has 2 atom stereocenters. The van der Waals surface area contributed by atoms with Gasteiger partial charge in [-0.3, -0.25) is 4.79 Å². The van der Waals surface area contributed by atoms with Crippen LogP contribution < -0.4 is 5.32 Å². The minimum Gasteiger partial charge on any atom is -0.469 e. The Morgan fingerprint density at radius 3 is 2.63 bits per heavy atom. The number of ether oxygens (including phenoxy) is 1. The first-order chi connectivity index (χ1) is 8.95. The Morgan fingerprint density at radius 2 is 2.00 bits per heavy atom. The van der Waals surface area contributed by atoms with E-state index in [9.17, 15) is 18.0 Å². The summed E-state index contributed by atoms with van der Waals surface area (Å²) in [5.74, 6) is -1.56. The Hall–Kier alpha value is -1.56. The molecule has 0 saturated carbocycles. The first kappa shape index (κ1) is 13.9. The number of hydrogen-bond donors (Lipinski definition) is 1. The maximum Gasteiger partial charge on any atom is 0.416 e. The van der Waals surface area contributed by atoms with Crippen LogP contribution >= 0.6 is 0 Å². The summed E-state index contributed by atoms with van der Waals surface area (Å²) in [6, 6.07) is 5.37. The topological polar surface area (TPSA) is 38.3 Å². The second kappa shape index (κ2) is 5.21. The average Bonchev–Trinajstić information content (AvgIpc) is 2.86. The molecule has 0 aromatic heterocycles. The second-order valence-electron chi connectivity index (χ2n) is 4.48. The molecule has 1 aromatic carbocycles. The van der Waals surface area contributed by atoms with Gasteiger partial charge in [0.15, 0.2) is 0 Å². The number of hydrogen-bond acceptors (Lipinski definition) is 3. The molecule has 1 saturated heterocycles. The van der Waals surface area contributed by atoms with Crippen LogP contribution in [0.4, 0.5) is 13.2 Å². The van der Waals surface area contributed by atoms with Gasteiger partial charge in [0.2, 0.25) is 0 Å². The van der Waals surface area contributed by atoms with E-state index < -0.39 is 29.5 Å². The van der Waals surface area contributed by atoms with Gasteiger partial charge in [-0.1, -0.05) is 18.2 Å². The molecule has 0 radical (unpaired) electrons. The molecule has 0 amide bonds. The van der Waals surface area contributed by atoms with Gasteiger partial charge in [-0.25, -0.2) is 0 Å². The number of esters is 1. The molecule has 1 aliphatic heterocycles. The minimum absolute atomic E-state index is 0.149. The Labute approximate surface area is 108 Å². The number of carbonyl (C=O) groups excluding carboxylic acids is 1. The van der Waals surface area contributed by atoms with Crippen LogP contribution in [0.25, 0.3) is 0 Å². The highest BCUT2D eigenvalue weighted by Gasteiger charge is 2.41. The smallest absolute Gasteiger partial charge is 0.416 e. The molecule has 1 aromatic rings. The lowest BCUT2D eigenvalue weighted by molar-refractivity contribution is -0.146. The number of nitrogens with one attached hydrogen (secondary N) is 1. The van der Waals surface area contributed by atoms with Gasteiger partial charge in [-0.15, -0.1) is 0 Å². The second-order valence-corrected chi connectivity index (χ2v) is 4.48. The summed E-state index contributed by atoms with van der Waals surface area (Å²) in [7, 11) is 1.24. The van der Waals surface area contributed by atoms with Crippen LogP contribution in [-0.2, 0) is 15.7 Å². The lowest BCUT2D eigenvalue weighted by Gasteiger charge is -2.21. The summed E-state index contributed by atoms with van der Waals surface area (Å²) in [4.78, 5) is 11.6. The van der Waals surface area contributed by atoms with E-state index in [0.717, 1.165) is 6.07 Å². The highest BCUT2D eigenvalue weighted by Crippen LogP contribution is 2.38. The van der Waals surface area contributed by atoms with Gasteiger partial charge in [0, 0.05) is 19.0 Å². The van der Waals surface area contributed by atoms with E-state index in [2.05, 4.69) is 10.1 Å². The normalized spacial score (nSPS) is 23.4. The molecule has 6 heteroatoms. The molecule has 0 aliphatic carbocycles. The van der Waals surface area contributed by atoms with Gasteiger partial charge in [-0.2, -0.15) is 13.2 Å². The molecule has 2 rings (SSSR count). The van der Waals surface area contributed by atoms with Crippen LogP contribution in [0.2, 0.25) is 0 Å². The lowest BCUT2D eigenvalue weighted by Crippen LogP contribution is -2.24. The average molecular weight is 273 g/mol. The van der Waals surface area contributed by atoms with E-state index in [1.165, 1.54) is 19.2 Å². The van der Waals surface area contributed by atoms with Crippen molar-refractivity contribution < 1.29 is 22.7 Å². The highest BCUT2D eigenvalue weighted by atomic mass is 19.4. The summed E-state index contributed by atoms with van der Waals surface area (Å²) >= 11 is 0. The van der Waals surface area contributed by atoms with Crippen molar-refractivity contribution in [2.45, 2.75) is 12.1 Å². The fourth-order valence-electron chi connectivity index (χ4n) is 2.48. The van der Waals surface area contributed by atoms with Crippen LogP contribution in [-0.4, -0.2) is 26.2 Å². The van der Waals surface area contributed by atoms with Gasteiger partial charge in [0.1, 0.15) is 0 Å². The van der Waals surface area contributed by atoms with Gasteiger partial charge in [0.25, 0.3) is 0 Å². The Balaban J connectivity index is 2.39. The summed E-state index contributed by atoms with van der Waals surface area (Å²) in [5.41, 5.74) is -0.534. The third-order valence-electron chi connectivity index (χ3n) is 3.38. The Kier molecular flexibility index (Phi) is 3.80. The fourth-order valence-corrected chi connectivity index (χ4v) is 2.48. The van der Waals surface area contributed by atoms with Gasteiger partial charge in [-0.05, 0) is 11.6 Å². The summed E-state index contributed by atoms with van der Waals surface area (Å²) in [6.07, 6.45) is -4.42. The summed E-state index contributed by atoms with van der Waals surface area (Å²) in [5, 5.41) is 2.95. The van der Waals surface area contributed by atoms with Crippen molar-refractivity contribution in [3.8, 4) is 0 Å². The predicted molar refractivity (Wildman–Crippen MR) is 62.6 cm³/mol. The molecule has 0 spiro atoms. The number of methoxy groups -OCH3 is 1. The molecule has 3 nitrogen and oxygen atoms in total. The SMILES string of the molecule is COC(=O)[C@H]1CNC[C@@H]1c1ccccc1C(F)(F)F. The van der Waals surface area contributed by atoms with E-state index in [4.69, 9.17) is 0 Å². The number of alkyl halides is 3. The molecular weight excluding hydrogens is 259 g/mol. The van der Waals surface area contributed by atoms with E-state index in [-0.39, 0.29) is 5.56 Å². The van der Waals surface area contributed by atoms with E-state index >= 15 is 0 Å². The molecular formula is C13H14F3NO2. The zero-order valence-electron chi connectivity index (χ0n) is 10.3. The third kappa shape index (κ3) is 2.73. The standard InChI is InChI=1S/C13H14F3NO2/c1-19-12(18)10-7-17-6-9(10)8-4-2-3-5-11(8)13(14,15)16/h2-5,9-10,17H,6-7H2,1H3/t9-,10+/m1/s1. The van der Waals surface area contributed by atoms with Crippen molar-refractivity contribution >= 4 is 5.97 Å². The Bertz CT molecular complexity index is 473. The molecule has 1 aliphatic rings. The van der Waals surface area contributed by atoms with Crippen LogP contribution in [0.3, 0.4) is 0 Å². The van der Waals surface area contributed by atoms with Crippen molar-refractivity contribution in [3.63, 3.8) is 0 Å². The van der Waals surface area contributed by atoms with Crippen molar-refractivity contribution in [1.82, 2.24) is 5.32 Å². The predicted octanol–water partition coefficient (Wildman–Crippen LogP) is 2.18. The molecule has 0 bridgehead atoms. The zero-order valence-corrected chi connectivity index (χ0v) is 10.3. The molecule has 0 unspecified atom stereocenters. The highest BCUT2D eigenvalue weighted by molar-refractivity contribution is 5.74. The van der Waals surface area contributed by atoms with Gasteiger partial charge in [0.05, 0.1) is 18.6 Å². The fraction of sp³-hybridized carbons (Fsp3) is 0.462. The first-order valence-electron chi connectivity index (χ1n) is 5.90. The quantitative estimate of drug-likeness (QED) is 0.839. The monoisotopic (exact) mass is 273 g/mol. The first-order valence-corrected chi connectivity index (χ1v) is 5.90. The van der Waals surface area contributed by atoms with Crippen molar-refractivity contribution in [2.24, 2.45) is 5.92 Å². The third-order valence-corrected chi connectivity index (χ3v) is 3.38. The van der Waals surface area contributed by atoms with E-state index in [1.54, 1.807) is 6.07 Å². The van der Waals surface area contributed by atoms with Crippen molar-refractivity contribution in [2.75, 3.05) is 20.2 Å². The number of halogens is 3. The van der Waals surface area contributed by atoms with Gasteiger partial charge >= 0.3 is 12.1 Å². The van der Waals surface area contributed by atoms with Crippen molar-refractivity contribution in [3.05, 3.63) is 35.4 Å². The maximum absolute atomic E-state index is 13.0. The lowest BCUT2D eigenvalue weighted by atomic mass is 9.86. The zero-order chi connectivity index (χ0) is 14.0. The van der Waals surface area contributed by atoms with E-state index in [0.29, 0.717) is 13.1 Å².